The third kappa shape index (κ3) is 5.26. The van der Waals surface area contributed by atoms with Gasteiger partial charge in [0, 0.05) is 31.0 Å². The van der Waals surface area contributed by atoms with Gasteiger partial charge in [-0.1, -0.05) is 37.8 Å². The monoisotopic (exact) mass is 394 g/mol. The van der Waals surface area contributed by atoms with Crippen LogP contribution in [0.5, 0.6) is 0 Å². The third-order valence-electron chi connectivity index (χ3n) is 5.72. The van der Waals surface area contributed by atoms with Crippen LogP contribution in [0.2, 0.25) is 0 Å². The fourth-order valence-electron chi connectivity index (χ4n) is 4.13. The first kappa shape index (κ1) is 19.7. The highest BCUT2D eigenvalue weighted by atomic mass is 16.5. The topological polar surface area (TPSA) is 66.5 Å². The van der Waals surface area contributed by atoms with Gasteiger partial charge in [0.05, 0.1) is 24.6 Å². The van der Waals surface area contributed by atoms with E-state index in [1.54, 1.807) is 6.20 Å². The quantitative estimate of drug-likeness (QED) is 0.747. The molecule has 6 nitrogen and oxygen atoms in total. The summed E-state index contributed by atoms with van der Waals surface area (Å²) in [4.78, 5) is 19.3. The number of nitrogens with one attached hydrogen (secondary N) is 2. The number of ether oxygens (including phenoxy) is 1. The van der Waals surface area contributed by atoms with E-state index in [0.717, 1.165) is 56.2 Å². The molecular formula is C23H30N4O2. The minimum Gasteiger partial charge on any atom is -0.378 e. The molecule has 0 spiro atoms. The number of para-hydroxylation sites is 2. The molecular weight excluding hydrogens is 364 g/mol. The van der Waals surface area contributed by atoms with E-state index in [1.807, 2.05) is 24.3 Å². The van der Waals surface area contributed by atoms with Gasteiger partial charge >= 0.3 is 0 Å². The van der Waals surface area contributed by atoms with Crippen molar-refractivity contribution >= 4 is 23.0 Å². The van der Waals surface area contributed by atoms with Gasteiger partial charge in [-0.3, -0.25) is 9.78 Å². The third-order valence-corrected chi connectivity index (χ3v) is 5.72. The number of nitrogens with zero attached hydrogens (tertiary/aromatic N) is 2. The van der Waals surface area contributed by atoms with Crippen LogP contribution < -0.4 is 15.5 Å². The van der Waals surface area contributed by atoms with Crippen LogP contribution in [0.3, 0.4) is 0 Å². The lowest BCUT2D eigenvalue weighted by atomic mass is 10.1. The van der Waals surface area contributed by atoms with Gasteiger partial charge in [-0.25, -0.2) is 0 Å². The minimum absolute atomic E-state index is 0.0815. The lowest BCUT2D eigenvalue weighted by molar-refractivity contribution is 0.0928. The van der Waals surface area contributed by atoms with Gasteiger partial charge in [0.1, 0.15) is 5.69 Å². The average molecular weight is 395 g/mol. The summed E-state index contributed by atoms with van der Waals surface area (Å²) < 4.78 is 5.48. The van der Waals surface area contributed by atoms with Crippen molar-refractivity contribution in [3.05, 3.63) is 48.3 Å². The smallest absolute Gasteiger partial charge is 0.270 e. The number of amides is 1. The van der Waals surface area contributed by atoms with Gasteiger partial charge in [-0.15, -0.1) is 0 Å². The Morgan fingerprint density at radius 3 is 2.59 bits per heavy atom. The molecule has 0 radical (unpaired) electrons. The number of carbonyl (C=O) groups excluding carboxylic acids is 1. The predicted octanol–water partition coefficient (Wildman–Crippen LogP) is 4.11. The first-order valence-corrected chi connectivity index (χ1v) is 10.8. The van der Waals surface area contributed by atoms with E-state index in [1.165, 1.54) is 25.7 Å². The maximum absolute atomic E-state index is 12.7. The summed E-state index contributed by atoms with van der Waals surface area (Å²) in [6.45, 7) is 3.25. The molecule has 2 aromatic rings. The number of carbonyl (C=O) groups is 1. The molecule has 0 unspecified atom stereocenters. The SMILES string of the molecule is O=C(NC1CCCCCC1)c1cc(Nc2ccccc2N2CCOCC2)ccn1. The lowest BCUT2D eigenvalue weighted by Crippen LogP contribution is -2.36. The fraction of sp³-hybridized carbons (Fsp3) is 0.478. The second-order valence-electron chi connectivity index (χ2n) is 7.83. The summed E-state index contributed by atoms with van der Waals surface area (Å²) in [6.07, 6.45) is 8.75. The largest absolute Gasteiger partial charge is 0.378 e. The van der Waals surface area contributed by atoms with E-state index >= 15 is 0 Å². The second-order valence-corrected chi connectivity index (χ2v) is 7.83. The van der Waals surface area contributed by atoms with Crippen molar-refractivity contribution in [2.24, 2.45) is 0 Å². The molecule has 4 rings (SSSR count). The molecule has 6 heteroatoms. The molecule has 1 amide bonds. The standard InChI is InChI=1S/C23H30N4O2/c28-23(26-18-7-3-1-2-4-8-18)21-17-19(11-12-24-21)25-20-9-5-6-10-22(20)27-13-15-29-16-14-27/h5-6,9-12,17-18H,1-4,7-8,13-16H2,(H,24,25)(H,26,28). The Bertz CT molecular complexity index is 812. The van der Waals surface area contributed by atoms with Crippen LogP contribution in [-0.4, -0.2) is 43.2 Å². The molecule has 2 fully saturated rings. The first-order chi connectivity index (χ1) is 14.3. The molecule has 0 bridgehead atoms. The van der Waals surface area contributed by atoms with Crippen LogP contribution in [0.1, 0.15) is 49.0 Å². The van der Waals surface area contributed by atoms with Crippen molar-refractivity contribution in [1.82, 2.24) is 10.3 Å². The van der Waals surface area contributed by atoms with Gasteiger partial charge in [0.2, 0.25) is 0 Å². The summed E-state index contributed by atoms with van der Waals surface area (Å²) in [5.41, 5.74) is 3.50. The molecule has 2 N–H and O–H groups in total. The van der Waals surface area contributed by atoms with Crippen LogP contribution in [0.25, 0.3) is 0 Å². The molecule has 1 aliphatic carbocycles. The molecule has 0 atom stereocenters. The second kappa shape index (κ2) is 9.74. The zero-order chi connectivity index (χ0) is 19.9. The Labute approximate surface area is 172 Å². The summed E-state index contributed by atoms with van der Waals surface area (Å²) in [5.74, 6) is -0.0815. The van der Waals surface area contributed by atoms with Crippen LogP contribution in [-0.2, 0) is 4.74 Å². The average Bonchev–Trinajstić information content (AvgIpc) is 3.04. The van der Waals surface area contributed by atoms with Crippen LogP contribution in [0.15, 0.2) is 42.6 Å². The van der Waals surface area contributed by atoms with Crippen molar-refractivity contribution in [2.75, 3.05) is 36.5 Å². The van der Waals surface area contributed by atoms with E-state index in [-0.39, 0.29) is 11.9 Å². The van der Waals surface area contributed by atoms with E-state index in [2.05, 4.69) is 32.7 Å². The number of aromatic nitrogens is 1. The number of morpholine rings is 1. The summed E-state index contributed by atoms with van der Waals surface area (Å²) in [6, 6.07) is 12.3. The zero-order valence-corrected chi connectivity index (χ0v) is 16.9. The molecule has 1 aliphatic heterocycles. The summed E-state index contributed by atoms with van der Waals surface area (Å²) in [7, 11) is 0. The summed E-state index contributed by atoms with van der Waals surface area (Å²) in [5, 5.41) is 6.65. The molecule has 154 valence electrons. The van der Waals surface area contributed by atoms with Crippen molar-refractivity contribution in [3.63, 3.8) is 0 Å². The Morgan fingerprint density at radius 1 is 1.03 bits per heavy atom. The van der Waals surface area contributed by atoms with Gasteiger partial charge in [0.15, 0.2) is 0 Å². The molecule has 1 saturated carbocycles. The minimum atomic E-state index is -0.0815. The predicted molar refractivity (Wildman–Crippen MR) is 116 cm³/mol. The number of hydrogen-bond acceptors (Lipinski definition) is 5. The molecule has 1 saturated heterocycles. The maximum atomic E-state index is 12.7. The zero-order valence-electron chi connectivity index (χ0n) is 16.9. The van der Waals surface area contributed by atoms with E-state index in [9.17, 15) is 4.79 Å². The van der Waals surface area contributed by atoms with Gasteiger partial charge < -0.3 is 20.3 Å². The Kier molecular flexibility index (Phi) is 6.62. The van der Waals surface area contributed by atoms with Gasteiger partial charge in [-0.2, -0.15) is 0 Å². The fourth-order valence-corrected chi connectivity index (χ4v) is 4.13. The van der Waals surface area contributed by atoms with E-state index < -0.39 is 0 Å². The summed E-state index contributed by atoms with van der Waals surface area (Å²) >= 11 is 0. The number of hydrogen-bond donors (Lipinski definition) is 2. The van der Waals surface area contributed by atoms with Crippen LogP contribution in [0.4, 0.5) is 17.1 Å². The molecule has 1 aromatic carbocycles. The number of pyridine rings is 1. The van der Waals surface area contributed by atoms with Crippen molar-refractivity contribution in [3.8, 4) is 0 Å². The first-order valence-electron chi connectivity index (χ1n) is 10.8. The van der Waals surface area contributed by atoms with Crippen LogP contribution in [0, 0.1) is 0 Å². The Morgan fingerprint density at radius 2 is 1.79 bits per heavy atom. The highest BCUT2D eigenvalue weighted by Crippen LogP contribution is 2.29. The Hall–Kier alpha value is -2.60. The highest BCUT2D eigenvalue weighted by Gasteiger charge is 2.18. The van der Waals surface area contributed by atoms with Crippen molar-refractivity contribution < 1.29 is 9.53 Å². The molecule has 2 heterocycles. The molecule has 29 heavy (non-hydrogen) atoms. The number of anilines is 3. The van der Waals surface area contributed by atoms with Crippen molar-refractivity contribution in [1.29, 1.82) is 0 Å². The van der Waals surface area contributed by atoms with Crippen molar-refractivity contribution in [2.45, 2.75) is 44.6 Å². The molecule has 1 aromatic heterocycles. The number of rotatable bonds is 5. The molecule has 2 aliphatic rings. The number of benzene rings is 1. The van der Waals surface area contributed by atoms with Gasteiger partial charge in [0.25, 0.3) is 5.91 Å². The van der Waals surface area contributed by atoms with E-state index in [0.29, 0.717) is 5.69 Å². The van der Waals surface area contributed by atoms with E-state index in [4.69, 9.17) is 4.74 Å². The van der Waals surface area contributed by atoms with Gasteiger partial charge in [-0.05, 0) is 37.1 Å². The maximum Gasteiger partial charge on any atom is 0.270 e. The van der Waals surface area contributed by atoms with Crippen LogP contribution >= 0.6 is 0 Å². The highest BCUT2D eigenvalue weighted by molar-refractivity contribution is 5.93. The lowest BCUT2D eigenvalue weighted by Gasteiger charge is -2.30. The normalized spacial score (nSPS) is 18.1. The Balaban J connectivity index is 1.46.